The van der Waals surface area contributed by atoms with Crippen molar-refractivity contribution in [3.63, 3.8) is 0 Å². The van der Waals surface area contributed by atoms with E-state index < -0.39 is 0 Å². The largest absolute Gasteiger partial charge is 0.355 e. The van der Waals surface area contributed by atoms with Gasteiger partial charge in [0.15, 0.2) is 0 Å². The Labute approximate surface area is 122 Å². The molecule has 106 valence electrons. The minimum atomic E-state index is 0.0289. The van der Waals surface area contributed by atoms with E-state index in [-0.39, 0.29) is 5.56 Å². The summed E-state index contributed by atoms with van der Waals surface area (Å²) >= 11 is 0. The molecular formula is C18H18N2O. The van der Waals surface area contributed by atoms with Gasteiger partial charge >= 0.3 is 0 Å². The van der Waals surface area contributed by atoms with Gasteiger partial charge in [0.1, 0.15) is 0 Å². The third-order valence-corrected chi connectivity index (χ3v) is 5.27. The molecule has 0 amide bonds. The average Bonchev–Trinajstić information content (AvgIpc) is 3.36. The molecule has 0 atom stereocenters. The summed E-state index contributed by atoms with van der Waals surface area (Å²) in [6, 6.07) is 5.88. The van der Waals surface area contributed by atoms with Gasteiger partial charge in [0.05, 0.1) is 11.1 Å². The minimum Gasteiger partial charge on any atom is -0.355 e. The molecule has 3 heteroatoms. The van der Waals surface area contributed by atoms with Crippen LogP contribution in [0.2, 0.25) is 0 Å². The molecule has 2 N–H and O–H groups in total. The predicted octanol–water partition coefficient (Wildman–Crippen LogP) is 2.99. The van der Waals surface area contributed by atoms with E-state index in [2.05, 4.69) is 16.5 Å². The van der Waals surface area contributed by atoms with Gasteiger partial charge < -0.3 is 9.97 Å². The highest BCUT2D eigenvalue weighted by atomic mass is 16.1. The van der Waals surface area contributed by atoms with Crippen LogP contribution in [-0.4, -0.2) is 9.97 Å². The molecule has 2 fully saturated rings. The average molecular weight is 278 g/mol. The van der Waals surface area contributed by atoms with Gasteiger partial charge in [0.25, 0.3) is 5.56 Å². The van der Waals surface area contributed by atoms with Gasteiger partial charge in [-0.1, -0.05) is 12.6 Å². The first kappa shape index (κ1) is 11.6. The molecule has 0 saturated heterocycles. The van der Waals surface area contributed by atoms with Crippen LogP contribution in [0.3, 0.4) is 0 Å². The number of hydrogen-bond acceptors (Lipinski definition) is 1. The Morgan fingerprint density at radius 3 is 2.48 bits per heavy atom. The van der Waals surface area contributed by atoms with Crippen LogP contribution < -0.4 is 10.9 Å². The first-order chi connectivity index (χ1) is 10.2. The standard InChI is InChI=1S/C18H18N2O/c1-9-14(15(10-5-6-10)11-7-8-11)17-16-12(18(21)20-17)3-2-4-13(16)19-9/h2-4,10-11,15,19H,1,5-8H2,(H,20,21). The predicted molar refractivity (Wildman–Crippen MR) is 84.5 cm³/mol. The lowest BCUT2D eigenvalue weighted by molar-refractivity contribution is 0.533. The molecule has 2 heterocycles. The maximum Gasteiger partial charge on any atom is 0.256 e. The number of rotatable bonds is 3. The van der Waals surface area contributed by atoms with Gasteiger partial charge in [0.2, 0.25) is 0 Å². The molecule has 0 radical (unpaired) electrons. The van der Waals surface area contributed by atoms with E-state index in [4.69, 9.17) is 0 Å². The van der Waals surface area contributed by atoms with E-state index in [1.165, 1.54) is 31.2 Å². The molecule has 0 bridgehead atoms. The van der Waals surface area contributed by atoms with Crippen LogP contribution in [-0.2, 0) is 0 Å². The van der Waals surface area contributed by atoms with Crippen molar-refractivity contribution in [1.29, 1.82) is 0 Å². The second-order valence-electron chi connectivity index (χ2n) is 6.78. The molecule has 0 aromatic heterocycles. The van der Waals surface area contributed by atoms with Crippen molar-refractivity contribution in [3.8, 4) is 11.3 Å². The Kier molecular flexibility index (Phi) is 2.09. The van der Waals surface area contributed by atoms with Crippen molar-refractivity contribution in [2.45, 2.75) is 31.6 Å². The van der Waals surface area contributed by atoms with Gasteiger partial charge in [-0.05, 0) is 55.6 Å². The molecule has 3 nitrogen and oxygen atoms in total. The molecule has 5 rings (SSSR count). The molecule has 1 aromatic rings. The van der Waals surface area contributed by atoms with E-state index >= 15 is 0 Å². The zero-order chi connectivity index (χ0) is 14.1. The maximum absolute atomic E-state index is 12.3. The Morgan fingerprint density at radius 2 is 1.81 bits per heavy atom. The molecule has 0 spiro atoms. The summed E-state index contributed by atoms with van der Waals surface area (Å²) in [6.45, 7) is 4.26. The number of pyridine rings is 1. The Bertz CT molecular complexity index is 899. The molecule has 0 unspecified atom stereocenters. The van der Waals surface area contributed by atoms with Gasteiger partial charge in [0, 0.05) is 22.0 Å². The first-order valence-corrected chi connectivity index (χ1v) is 7.89. The summed E-state index contributed by atoms with van der Waals surface area (Å²) in [7, 11) is 0. The van der Waals surface area contributed by atoms with Gasteiger partial charge in [-0.2, -0.15) is 0 Å². The Morgan fingerprint density at radius 1 is 1.10 bits per heavy atom. The van der Waals surface area contributed by atoms with Crippen LogP contribution in [0.1, 0.15) is 37.2 Å². The van der Waals surface area contributed by atoms with Crippen LogP contribution in [0.4, 0.5) is 0 Å². The highest BCUT2D eigenvalue weighted by Gasteiger charge is 2.44. The van der Waals surface area contributed by atoms with Gasteiger partial charge in [-0.3, -0.25) is 4.79 Å². The Hall–Kier alpha value is -2.03. The van der Waals surface area contributed by atoms with E-state index in [1.54, 1.807) is 0 Å². The summed E-state index contributed by atoms with van der Waals surface area (Å²) in [4.78, 5) is 18.8. The third-order valence-electron chi connectivity index (χ3n) is 5.27. The van der Waals surface area contributed by atoms with Crippen LogP contribution in [0.5, 0.6) is 0 Å². The molecular weight excluding hydrogens is 260 g/mol. The normalized spacial score (nSPS) is 19.1. The van der Waals surface area contributed by atoms with Crippen molar-refractivity contribution in [3.05, 3.63) is 39.5 Å². The lowest BCUT2D eigenvalue weighted by Gasteiger charge is -2.21. The van der Waals surface area contributed by atoms with Crippen LogP contribution >= 0.6 is 0 Å². The molecule has 2 saturated carbocycles. The molecule has 1 aromatic carbocycles. The number of benzene rings is 1. The number of H-pyrrole nitrogens is 2. The van der Waals surface area contributed by atoms with Crippen LogP contribution in [0, 0.1) is 11.8 Å². The lowest BCUT2D eigenvalue weighted by Crippen LogP contribution is -2.21. The fourth-order valence-corrected chi connectivity index (χ4v) is 4.08. The Balaban J connectivity index is 1.86. The minimum absolute atomic E-state index is 0.0289. The van der Waals surface area contributed by atoms with E-state index in [0.717, 1.165) is 39.3 Å². The van der Waals surface area contributed by atoms with E-state index in [1.807, 2.05) is 18.2 Å². The highest BCUT2D eigenvalue weighted by Crippen LogP contribution is 2.55. The fourth-order valence-electron chi connectivity index (χ4n) is 4.08. The zero-order valence-corrected chi connectivity index (χ0v) is 11.9. The van der Waals surface area contributed by atoms with Crippen molar-refractivity contribution in [1.82, 2.24) is 9.97 Å². The molecule has 21 heavy (non-hydrogen) atoms. The van der Waals surface area contributed by atoms with Crippen molar-refractivity contribution in [2.75, 3.05) is 0 Å². The molecule has 2 aliphatic heterocycles. The smallest absolute Gasteiger partial charge is 0.256 e. The zero-order valence-electron chi connectivity index (χ0n) is 11.9. The summed E-state index contributed by atoms with van der Waals surface area (Å²) in [5.74, 6) is 2.18. The van der Waals surface area contributed by atoms with Crippen molar-refractivity contribution < 1.29 is 0 Å². The number of nitrogens with one attached hydrogen (secondary N) is 2. The number of aromatic nitrogens is 2. The third kappa shape index (κ3) is 1.57. The summed E-state index contributed by atoms with van der Waals surface area (Å²) in [5, 5.41) is 1.78. The first-order valence-electron chi connectivity index (χ1n) is 7.89. The summed E-state index contributed by atoms with van der Waals surface area (Å²) in [5.41, 5.74) is 4.43. The van der Waals surface area contributed by atoms with Crippen LogP contribution in [0.15, 0.2) is 23.0 Å². The monoisotopic (exact) mass is 278 g/mol. The van der Waals surface area contributed by atoms with Crippen molar-refractivity contribution >= 4 is 17.5 Å². The SMILES string of the molecule is C=c1[nH]c2cccc3c2-c([nH]c3=O)c1C(C1CC1)C1CC1. The van der Waals surface area contributed by atoms with Gasteiger partial charge in [-0.25, -0.2) is 0 Å². The topological polar surface area (TPSA) is 48.6 Å². The fraction of sp³-hybridized carbons (Fsp3) is 0.389. The summed E-state index contributed by atoms with van der Waals surface area (Å²) < 4.78 is 0. The maximum atomic E-state index is 12.3. The van der Waals surface area contributed by atoms with E-state index in [0.29, 0.717) is 5.92 Å². The molecule has 2 aliphatic carbocycles. The second-order valence-corrected chi connectivity index (χ2v) is 6.78. The van der Waals surface area contributed by atoms with Gasteiger partial charge in [-0.15, -0.1) is 0 Å². The second kappa shape index (κ2) is 3.79. The van der Waals surface area contributed by atoms with E-state index in [9.17, 15) is 4.79 Å². The number of aromatic amines is 2. The summed E-state index contributed by atoms with van der Waals surface area (Å²) in [6.07, 6.45) is 5.31. The number of hydrogen-bond donors (Lipinski definition) is 2. The van der Waals surface area contributed by atoms with Crippen LogP contribution in [0.25, 0.3) is 28.7 Å². The molecule has 4 aliphatic rings. The van der Waals surface area contributed by atoms with Crippen molar-refractivity contribution in [2.24, 2.45) is 11.8 Å². The lowest BCUT2D eigenvalue weighted by atomic mass is 9.86. The quantitative estimate of drug-likeness (QED) is 0.760. The highest BCUT2D eigenvalue weighted by molar-refractivity contribution is 5.96.